The molecular formula is C28H36ClN7O6. The van der Waals surface area contributed by atoms with Gasteiger partial charge in [-0.05, 0) is 33.7 Å². The summed E-state index contributed by atoms with van der Waals surface area (Å²) in [6, 6.07) is 4.72. The van der Waals surface area contributed by atoms with Gasteiger partial charge in [-0.15, -0.1) is 5.10 Å². The normalized spacial score (nSPS) is 15.6. The highest BCUT2D eigenvalue weighted by atomic mass is 35.5. The lowest BCUT2D eigenvalue weighted by Crippen LogP contribution is -2.41. The number of nitrogens with one attached hydrogen (secondary N) is 2. The molecule has 0 atom stereocenters. The van der Waals surface area contributed by atoms with E-state index in [1.165, 1.54) is 12.0 Å². The van der Waals surface area contributed by atoms with Crippen LogP contribution in [0.1, 0.15) is 27.2 Å². The van der Waals surface area contributed by atoms with Gasteiger partial charge in [0, 0.05) is 44.0 Å². The van der Waals surface area contributed by atoms with Gasteiger partial charge in [-0.3, -0.25) is 15.1 Å². The van der Waals surface area contributed by atoms with Crippen molar-refractivity contribution in [2.24, 2.45) is 0 Å². The second kappa shape index (κ2) is 12.6. The number of aromatic nitrogens is 3. The zero-order valence-corrected chi connectivity index (χ0v) is 25.0. The van der Waals surface area contributed by atoms with E-state index in [-0.39, 0.29) is 17.8 Å². The molecule has 0 bridgehead atoms. The number of methoxy groups -OCH3 is 1. The van der Waals surface area contributed by atoms with Crippen molar-refractivity contribution in [3.63, 3.8) is 0 Å². The molecule has 42 heavy (non-hydrogen) atoms. The monoisotopic (exact) mass is 601 g/mol. The second-order valence-electron chi connectivity index (χ2n) is 10.9. The van der Waals surface area contributed by atoms with E-state index in [9.17, 15) is 9.59 Å². The number of benzene rings is 1. The number of urea groups is 1. The van der Waals surface area contributed by atoms with E-state index in [0.717, 1.165) is 39.3 Å². The number of morpholine rings is 1. The largest absolute Gasteiger partial charge is 0.494 e. The van der Waals surface area contributed by atoms with Crippen LogP contribution >= 0.6 is 11.6 Å². The molecule has 4 heterocycles. The summed E-state index contributed by atoms with van der Waals surface area (Å²) in [4.78, 5) is 33.8. The van der Waals surface area contributed by atoms with Gasteiger partial charge in [0.15, 0.2) is 5.82 Å². The third-order valence-electron chi connectivity index (χ3n) is 6.77. The molecule has 2 aliphatic rings. The van der Waals surface area contributed by atoms with Crippen molar-refractivity contribution in [1.29, 1.82) is 0 Å². The van der Waals surface area contributed by atoms with E-state index in [4.69, 9.17) is 30.5 Å². The number of carbonyl (C=O) groups excluding carboxylic acids is 2. The van der Waals surface area contributed by atoms with Crippen LogP contribution in [0.3, 0.4) is 0 Å². The van der Waals surface area contributed by atoms with E-state index >= 15 is 0 Å². The molecule has 2 aliphatic heterocycles. The average molecular weight is 602 g/mol. The van der Waals surface area contributed by atoms with Crippen LogP contribution in [0.15, 0.2) is 24.4 Å². The van der Waals surface area contributed by atoms with Gasteiger partial charge < -0.3 is 24.3 Å². The summed E-state index contributed by atoms with van der Waals surface area (Å²) in [5.74, 6) is 1.18. The molecule has 3 aromatic rings. The maximum absolute atomic E-state index is 12.9. The molecule has 226 valence electrons. The smallest absolute Gasteiger partial charge is 0.415 e. The number of rotatable bonds is 7. The lowest BCUT2D eigenvalue weighted by atomic mass is 10.2. The molecule has 1 fully saturated rings. The van der Waals surface area contributed by atoms with Crippen LogP contribution in [-0.4, -0.2) is 97.0 Å². The Labute approximate surface area is 249 Å². The van der Waals surface area contributed by atoms with Crippen molar-refractivity contribution in [3.8, 4) is 17.2 Å². The number of nitrogens with zero attached hydrogens (tertiary/aromatic N) is 5. The first-order valence-electron chi connectivity index (χ1n) is 13.9. The van der Waals surface area contributed by atoms with Crippen molar-refractivity contribution in [1.82, 2.24) is 25.0 Å². The maximum Gasteiger partial charge on any atom is 0.415 e. The van der Waals surface area contributed by atoms with Crippen LogP contribution in [0.25, 0.3) is 16.6 Å². The standard InChI is InChI=1S/C28H36ClN7O6/c1-28(2,3)42-27(38)35-10-13-41-23-15-21(22(39-4)14-20(23)35)36-19-16-24(29)31-17-18(19)25(33-36)32-26(37)30-6-5-7-34-8-11-40-12-9-34/h14-17H,5-13H2,1-4H3,(H2,30,32,33,37). The minimum Gasteiger partial charge on any atom is -0.494 e. The van der Waals surface area contributed by atoms with Gasteiger partial charge in [-0.2, -0.15) is 0 Å². The zero-order valence-electron chi connectivity index (χ0n) is 24.2. The summed E-state index contributed by atoms with van der Waals surface area (Å²) < 4.78 is 24.2. The third-order valence-corrected chi connectivity index (χ3v) is 6.98. The number of halogens is 1. The van der Waals surface area contributed by atoms with E-state index in [0.29, 0.717) is 52.7 Å². The van der Waals surface area contributed by atoms with E-state index in [1.807, 2.05) is 20.8 Å². The molecule has 2 aromatic heterocycles. The average Bonchev–Trinajstić information content (AvgIpc) is 3.30. The summed E-state index contributed by atoms with van der Waals surface area (Å²) in [5.41, 5.74) is 0.977. The minimum atomic E-state index is -0.653. The Hall–Kier alpha value is -3.81. The Morgan fingerprint density at radius 1 is 1.10 bits per heavy atom. The Morgan fingerprint density at radius 2 is 1.88 bits per heavy atom. The number of ether oxygens (including phenoxy) is 4. The van der Waals surface area contributed by atoms with Gasteiger partial charge in [0.25, 0.3) is 0 Å². The molecule has 3 amide bonds. The van der Waals surface area contributed by atoms with Gasteiger partial charge in [0.2, 0.25) is 0 Å². The summed E-state index contributed by atoms with van der Waals surface area (Å²) >= 11 is 6.26. The summed E-state index contributed by atoms with van der Waals surface area (Å²) in [6.45, 7) is 10.7. The molecule has 0 spiro atoms. The Kier molecular flexibility index (Phi) is 8.90. The topological polar surface area (TPSA) is 132 Å². The molecule has 0 unspecified atom stereocenters. The summed E-state index contributed by atoms with van der Waals surface area (Å²) in [6.07, 6.45) is 1.89. The first kappa shape index (κ1) is 29.7. The number of hydrogen-bond acceptors (Lipinski definition) is 9. The molecule has 0 aliphatic carbocycles. The number of pyridine rings is 1. The molecular weight excluding hydrogens is 566 g/mol. The lowest BCUT2D eigenvalue weighted by molar-refractivity contribution is 0.0375. The van der Waals surface area contributed by atoms with E-state index in [2.05, 4.69) is 25.6 Å². The van der Waals surface area contributed by atoms with Gasteiger partial charge in [-0.25, -0.2) is 19.3 Å². The number of fused-ring (bicyclic) bond motifs is 2. The molecule has 13 nitrogen and oxygen atoms in total. The first-order valence-corrected chi connectivity index (χ1v) is 14.3. The van der Waals surface area contributed by atoms with Crippen molar-refractivity contribution in [2.45, 2.75) is 32.8 Å². The predicted octanol–water partition coefficient (Wildman–Crippen LogP) is 4.06. The Morgan fingerprint density at radius 3 is 2.62 bits per heavy atom. The number of anilines is 2. The SMILES string of the molecule is COc1cc2c(cc1-n1nc(NC(=O)NCCCN3CCOCC3)c3cnc(Cl)cc31)OCCN2C(=O)OC(C)(C)C. The summed E-state index contributed by atoms with van der Waals surface area (Å²) in [5, 5.41) is 11.3. The zero-order chi connectivity index (χ0) is 29.9. The molecule has 1 aromatic carbocycles. The van der Waals surface area contributed by atoms with Crippen molar-refractivity contribution in [2.75, 3.05) is 69.9 Å². The molecule has 5 rings (SSSR count). The van der Waals surface area contributed by atoms with Crippen LogP contribution < -0.4 is 25.0 Å². The Bertz CT molecular complexity index is 1450. The van der Waals surface area contributed by atoms with Crippen LogP contribution in [0.4, 0.5) is 21.1 Å². The fourth-order valence-corrected chi connectivity index (χ4v) is 4.96. The highest BCUT2D eigenvalue weighted by molar-refractivity contribution is 6.30. The lowest BCUT2D eigenvalue weighted by Gasteiger charge is -2.32. The van der Waals surface area contributed by atoms with Crippen molar-refractivity contribution in [3.05, 3.63) is 29.5 Å². The Balaban J connectivity index is 1.39. The van der Waals surface area contributed by atoms with Crippen LogP contribution in [0.2, 0.25) is 5.15 Å². The number of carbonyl (C=O) groups is 2. The molecule has 0 saturated carbocycles. The second-order valence-corrected chi connectivity index (χ2v) is 11.3. The quantitative estimate of drug-likeness (QED) is 0.304. The molecule has 0 radical (unpaired) electrons. The van der Waals surface area contributed by atoms with Gasteiger partial charge in [0.05, 0.1) is 43.5 Å². The van der Waals surface area contributed by atoms with Crippen LogP contribution in [-0.2, 0) is 9.47 Å². The van der Waals surface area contributed by atoms with E-state index < -0.39 is 11.7 Å². The van der Waals surface area contributed by atoms with Crippen molar-refractivity contribution >= 4 is 46.1 Å². The molecule has 2 N–H and O–H groups in total. The fourth-order valence-electron chi connectivity index (χ4n) is 4.81. The van der Waals surface area contributed by atoms with Crippen LogP contribution in [0, 0.1) is 0 Å². The number of amides is 3. The third kappa shape index (κ3) is 6.80. The van der Waals surface area contributed by atoms with Gasteiger partial charge >= 0.3 is 12.1 Å². The van der Waals surface area contributed by atoms with Crippen molar-refractivity contribution < 1.29 is 28.5 Å². The highest BCUT2D eigenvalue weighted by Crippen LogP contribution is 2.41. The number of hydrogen-bond donors (Lipinski definition) is 2. The fraction of sp³-hybridized carbons (Fsp3) is 0.500. The first-order chi connectivity index (χ1) is 20.1. The molecule has 1 saturated heterocycles. The maximum atomic E-state index is 12.9. The molecule has 14 heteroatoms. The van der Waals surface area contributed by atoms with Crippen LogP contribution in [0.5, 0.6) is 11.5 Å². The summed E-state index contributed by atoms with van der Waals surface area (Å²) in [7, 11) is 1.52. The highest BCUT2D eigenvalue weighted by Gasteiger charge is 2.30. The van der Waals surface area contributed by atoms with Gasteiger partial charge in [0.1, 0.15) is 34.5 Å². The van der Waals surface area contributed by atoms with E-state index in [1.54, 1.807) is 29.1 Å². The predicted molar refractivity (Wildman–Crippen MR) is 158 cm³/mol. The van der Waals surface area contributed by atoms with Gasteiger partial charge in [-0.1, -0.05) is 11.6 Å². The minimum absolute atomic E-state index is 0.257.